The van der Waals surface area contributed by atoms with Crippen LogP contribution in [0.15, 0.2) is 18.2 Å². The number of hydrogen-bond donors (Lipinski definition) is 2. The van der Waals surface area contributed by atoms with Crippen LogP contribution in [0.25, 0.3) is 0 Å². The van der Waals surface area contributed by atoms with Crippen molar-refractivity contribution in [2.24, 2.45) is 5.92 Å². The van der Waals surface area contributed by atoms with Crippen molar-refractivity contribution >= 4 is 17.6 Å². The van der Waals surface area contributed by atoms with E-state index in [1.54, 1.807) is 18.2 Å². The van der Waals surface area contributed by atoms with Crippen molar-refractivity contribution in [3.8, 4) is 11.5 Å². The highest BCUT2D eigenvalue weighted by molar-refractivity contribution is 5.93. The topological polar surface area (TPSA) is 88.1 Å². The van der Waals surface area contributed by atoms with Crippen molar-refractivity contribution in [2.45, 2.75) is 19.3 Å². The van der Waals surface area contributed by atoms with E-state index in [1.807, 2.05) is 0 Å². The van der Waals surface area contributed by atoms with Crippen LogP contribution in [0.5, 0.6) is 11.5 Å². The lowest BCUT2D eigenvalue weighted by Gasteiger charge is -2.21. The second kappa shape index (κ2) is 7.53. The number of carbonyl (C=O) groups is 2. The molecule has 2 aliphatic heterocycles. The molecule has 1 aromatic carbocycles. The first-order valence-electron chi connectivity index (χ1n) is 8.26. The summed E-state index contributed by atoms with van der Waals surface area (Å²) in [5.41, 5.74) is 0.578. The van der Waals surface area contributed by atoms with Crippen molar-refractivity contribution < 1.29 is 24.2 Å². The fraction of sp³-hybridized carbons (Fsp3) is 0.529. The standard InChI is InChI=1S/C17H22N2O5/c20-16(9-12(17(21)22)11-19-5-1-2-6-19)18-13-3-4-14-15(10-13)24-8-7-23-14/h3-4,10,12H,1-2,5-9,11H2,(H,18,20)(H,21,22)/t12-/m0/s1. The third-order valence-electron chi connectivity index (χ3n) is 4.28. The Morgan fingerprint density at radius 1 is 1.17 bits per heavy atom. The summed E-state index contributed by atoms with van der Waals surface area (Å²) in [6.07, 6.45) is 2.14. The molecule has 1 fully saturated rings. The molecule has 0 spiro atoms. The number of carbonyl (C=O) groups excluding carboxylic acids is 1. The number of ether oxygens (including phenoxy) is 2. The van der Waals surface area contributed by atoms with Crippen LogP contribution in [0.2, 0.25) is 0 Å². The molecule has 0 aliphatic carbocycles. The van der Waals surface area contributed by atoms with Crippen LogP contribution in [-0.2, 0) is 9.59 Å². The number of benzene rings is 1. The van der Waals surface area contributed by atoms with E-state index in [4.69, 9.17) is 9.47 Å². The lowest BCUT2D eigenvalue weighted by Crippen LogP contribution is -2.33. The second-order valence-corrected chi connectivity index (χ2v) is 6.15. The number of anilines is 1. The summed E-state index contributed by atoms with van der Waals surface area (Å²) in [5, 5.41) is 12.1. The molecule has 7 heteroatoms. The van der Waals surface area contributed by atoms with Gasteiger partial charge in [0.05, 0.1) is 5.92 Å². The number of rotatable bonds is 6. The molecule has 7 nitrogen and oxygen atoms in total. The maximum atomic E-state index is 12.2. The zero-order valence-corrected chi connectivity index (χ0v) is 13.5. The minimum atomic E-state index is -0.931. The van der Waals surface area contributed by atoms with Crippen LogP contribution in [0.4, 0.5) is 5.69 Å². The fourth-order valence-corrected chi connectivity index (χ4v) is 3.06. The molecule has 2 aliphatic rings. The van der Waals surface area contributed by atoms with E-state index in [9.17, 15) is 14.7 Å². The monoisotopic (exact) mass is 334 g/mol. The summed E-state index contributed by atoms with van der Waals surface area (Å²) in [4.78, 5) is 25.7. The predicted molar refractivity (Wildman–Crippen MR) is 87.5 cm³/mol. The molecule has 0 aromatic heterocycles. The quantitative estimate of drug-likeness (QED) is 0.821. The number of likely N-dealkylation sites (tertiary alicyclic amines) is 1. The molecule has 1 aromatic rings. The maximum absolute atomic E-state index is 12.2. The summed E-state index contributed by atoms with van der Waals surface area (Å²) in [6, 6.07) is 5.16. The average Bonchev–Trinajstić information content (AvgIpc) is 3.07. The van der Waals surface area contributed by atoms with Gasteiger partial charge in [0, 0.05) is 24.7 Å². The molecule has 0 bridgehead atoms. The Bertz CT molecular complexity index is 613. The van der Waals surface area contributed by atoms with Gasteiger partial charge in [-0.25, -0.2) is 0 Å². The number of hydrogen-bond acceptors (Lipinski definition) is 5. The predicted octanol–water partition coefficient (Wildman–Crippen LogP) is 1.58. The molecule has 1 saturated heterocycles. The Morgan fingerprint density at radius 2 is 1.88 bits per heavy atom. The van der Waals surface area contributed by atoms with Crippen LogP contribution >= 0.6 is 0 Å². The maximum Gasteiger partial charge on any atom is 0.308 e. The third-order valence-corrected chi connectivity index (χ3v) is 4.28. The minimum Gasteiger partial charge on any atom is -0.486 e. The lowest BCUT2D eigenvalue weighted by atomic mass is 10.0. The smallest absolute Gasteiger partial charge is 0.308 e. The van der Waals surface area contributed by atoms with Gasteiger partial charge in [-0.2, -0.15) is 0 Å². The summed E-state index contributed by atoms with van der Waals surface area (Å²) in [5.74, 6) is -0.694. The van der Waals surface area contributed by atoms with Gasteiger partial charge in [-0.3, -0.25) is 9.59 Å². The molecule has 130 valence electrons. The zero-order valence-electron chi connectivity index (χ0n) is 13.5. The van der Waals surface area contributed by atoms with Crippen molar-refractivity contribution in [1.29, 1.82) is 0 Å². The molecular weight excluding hydrogens is 312 g/mol. The highest BCUT2D eigenvalue weighted by Gasteiger charge is 2.25. The molecule has 0 radical (unpaired) electrons. The second-order valence-electron chi connectivity index (χ2n) is 6.15. The van der Waals surface area contributed by atoms with E-state index >= 15 is 0 Å². The summed E-state index contributed by atoms with van der Waals surface area (Å²) >= 11 is 0. The van der Waals surface area contributed by atoms with Crippen LogP contribution in [0.3, 0.4) is 0 Å². The first-order chi connectivity index (χ1) is 11.6. The largest absolute Gasteiger partial charge is 0.486 e. The molecule has 1 atom stereocenters. The Hall–Kier alpha value is -2.28. The number of fused-ring (bicyclic) bond motifs is 1. The van der Waals surface area contributed by atoms with Gasteiger partial charge in [0.25, 0.3) is 0 Å². The number of nitrogens with one attached hydrogen (secondary N) is 1. The first kappa shape index (κ1) is 16.6. The van der Waals surface area contributed by atoms with E-state index in [2.05, 4.69) is 10.2 Å². The van der Waals surface area contributed by atoms with Crippen LogP contribution < -0.4 is 14.8 Å². The highest BCUT2D eigenvalue weighted by atomic mass is 16.6. The molecular formula is C17H22N2O5. The highest BCUT2D eigenvalue weighted by Crippen LogP contribution is 2.32. The van der Waals surface area contributed by atoms with Gasteiger partial charge >= 0.3 is 5.97 Å². The van der Waals surface area contributed by atoms with E-state index in [0.717, 1.165) is 25.9 Å². The molecule has 1 amide bonds. The van der Waals surface area contributed by atoms with Crippen molar-refractivity contribution in [1.82, 2.24) is 4.90 Å². The van der Waals surface area contributed by atoms with Gasteiger partial charge in [0.15, 0.2) is 11.5 Å². The van der Waals surface area contributed by atoms with Crippen molar-refractivity contribution in [2.75, 3.05) is 38.2 Å². The normalized spacial score (nSPS) is 18.2. The Morgan fingerprint density at radius 3 is 2.58 bits per heavy atom. The third kappa shape index (κ3) is 4.17. The number of amides is 1. The fourth-order valence-electron chi connectivity index (χ4n) is 3.06. The van der Waals surface area contributed by atoms with Gasteiger partial charge in [-0.1, -0.05) is 0 Å². The SMILES string of the molecule is O=C(C[C@@H](CN1CCCC1)C(=O)O)Nc1ccc2c(c1)OCCO2. The summed E-state index contributed by atoms with van der Waals surface area (Å²) < 4.78 is 10.9. The van der Waals surface area contributed by atoms with E-state index < -0.39 is 11.9 Å². The summed E-state index contributed by atoms with van der Waals surface area (Å²) in [7, 11) is 0. The first-order valence-corrected chi connectivity index (χ1v) is 8.26. The zero-order chi connectivity index (χ0) is 16.9. The minimum absolute atomic E-state index is 0.0414. The van der Waals surface area contributed by atoms with Crippen molar-refractivity contribution in [3.63, 3.8) is 0 Å². The number of carboxylic acids is 1. The molecule has 3 rings (SSSR count). The van der Waals surface area contributed by atoms with Gasteiger partial charge < -0.3 is 24.8 Å². The molecule has 0 unspecified atom stereocenters. The van der Waals surface area contributed by atoms with Gasteiger partial charge in [0.2, 0.25) is 5.91 Å². The lowest BCUT2D eigenvalue weighted by molar-refractivity contribution is -0.144. The van der Waals surface area contributed by atoms with Gasteiger partial charge in [0.1, 0.15) is 13.2 Å². The van der Waals surface area contributed by atoms with E-state index in [-0.39, 0.29) is 12.3 Å². The molecule has 0 saturated carbocycles. The van der Waals surface area contributed by atoms with Crippen LogP contribution in [0, 0.1) is 5.92 Å². The number of carboxylic acid groups (broad SMARTS) is 1. The molecule has 2 heterocycles. The van der Waals surface area contributed by atoms with Gasteiger partial charge in [-0.05, 0) is 38.1 Å². The molecule has 2 N–H and O–H groups in total. The summed E-state index contributed by atoms with van der Waals surface area (Å²) in [6.45, 7) is 3.22. The van der Waals surface area contributed by atoms with E-state index in [1.165, 1.54) is 0 Å². The Balaban J connectivity index is 1.57. The molecule has 24 heavy (non-hydrogen) atoms. The van der Waals surface area contributed by atoms with Gasteiger partial charge in [-0.15, -0.1) is 0 Å². The number of nitrogens with zero attached hydrogens (tertiary/aromatic N) is 1. The van der Waals surface area contributed by atoms with Crippen LogP contribution in [-0.4, -0.2) is 54.7 Å². The Labute approximate surface area is 140 Å². The van der Waals surface area contributed by atoms with Crippen molar-refractivity contribution in [3.05, 3.63) is 18.2 Å². The van der Waals surface area contributed by atoms with Crippen LogP contribution in [0.1, 0.15) is 19.3 Å². The number of aliphatic carboxylic acids is 1. The average molecular weight is 334 g/mol. The van der Waals surface area contributed by atoms with E-state index in [0.29, 0.717) is 36.9 Å². The Kier molecular flexibility index (Phi) is 5.20.